The summed E-state index contributed by atoms with van der Waals surface area (Å²) in [7, 11) is 0. The molecule has 1 saturated carbocycles. The van der Waals surface area contributed by atoms with Crippen molar-refractivity contribution < 1.29 is 13.6 Å². The number of halogens is 2. The molecule has 3 N–H and O–H groups in total. The molecule has 0 aromatic heterocycles. The van der Waals surface area contributed by atoms with E-state index in [2.05, 4.69) is 10.3 Å². The van der Waals surface area contributed by atoms with Crippen LogP contribution in [0, 0.1) is 11.6 Å². The third-order valence-corrected chi connectivity index (χ3v) is 4.08. The van der Waals surface area contributed by atoms with E-state index in [1.165, 1.54) is 18.2 Å². The van der Waals surface area contributed by atoms with Gasteiger partial charge in [0.15, 0.2) is 0 Å². The van der Waals surface area contributed by atoms with E-state index in [0.29, 0.717) is 18.4 Å². The van der Waals surface area contributed by atoms with E-state index >= 15 is 0 Å². The quantitative estimate of drug-likeness (QED) is 0.646. The highest BCUT2D eigenvalue weighted by Gasteiger charge is 2.51. The first kappa shape index (κ1) is 16.8. The van der Waals surface area contributed by atoms with Crippen molar-refractivity contribution in [2.45, 2.75) is 18.3 Å². The average molecular weight is 341 g/mol. The summed E-state index contributed by atoms with van der Waals surface area (Å²) in [5, 5.41) is 3.00. The molecule has 1 amide bonds. The summed E-state index contributed by atoms with van der Waals surface area (Å²) in [6.45, 7) is 0. The van der Waals surface area contributed by atoms with Crippen LogP contribution in [0.3, 0.4) is 0 Å². The Morgan fingerprint density at radius 2 is 1.76 bits per heavy atom. The Labute approximate surface area is 144 Å². The minimum atomic E-state index is -0.964. The van der Waals surface area contributed by atoms with Gasteiger partial charge in [-0.2, -0.15) is 4.99 Å². The Morgan fingerprint density at radius 1 is 1.12 bits per heavy atom. The zero-order valence-corrected chi connectivity index (χ0v) is 13.4. The standard InChI is InChI=1S/C19H17F2N3O/c20-14-10-13(11-15(21)12-14)19(7-8-19)18(25)24-17(22)6-9-23-16-4-2-1-3-5-16/h1-6,9-12,23H,7-8H2,(H2,22,24,25)/b9-6-. The molecule has 3 rings (SSSR count). The van der Waals surface area contributed by atoms with Gasteiger partial charge in [0.1, 0.15) is 17.5 Å². The lowest BCUT2D eigenvalue weighted by molar-refractivity contribution is -0.120. The van der Waals surface area contributed by atoms with Crippen molar-refractivity contribution >= 4 is 17.4 Å². The number of carbonyl (C=O) groups excluding carboxylic acids is 1. The second kappa shape index (κ2) is 6.84. The highest BCUT2D eigenvalue weighted by Crippen LogP contribution is 2.49. The Bertz CT molecular complexity index is 823. The third-order valence-electron chi connectivity index (χ3n) is 4.08. The average Bonchev–Trinajstić information content (AvgIpc) is 3.37. The van der Waals surface area contributed by atoms with Crippen molar-refractivity contribution in [3.63, 3.8) is 0 Å². The zero-order chi connectivity index (χ0) is 17.9. The molecule has 2 aromatic rings. The molecule has 0 spiro atoms. The number of hydrogen-bond donors (Lipinski definition) is 2. The smallest absolute Gasteiger partial charge is 0.258 e. The van der Waals surface area contributed by atoms with Crippen LogP contribution in [-0.4, -0.2) is 11.7 Å². The van der Waals surface area contributed by atoms with Gasteiger partial charge >= 0.3 is 0 Å². The zero-order valence-electron chi connectivity index (χ0n) is 13.4. The molecule has 0 aliphatic heterocycles. The summed E-state index contributed by atoms with van der Waals surface area (Å²) in [6.07, 6.45) is 4.03. The fraction of sp³-hybridized carbons (Fsp3) is 0.158. The number of anilines is 1. The van der Waals surface area contributed by atoms with Crippen LogP contribution in [0.4, 0.5) is 14.5 Å². The van der Waals surface area contributed by atoms with Crippen molar-refractivity contribution in [2.75, 3.05) is 5.32 Å². The van der Waals surface area contributed by atoms with Crippen molar-refractivity contribution in [3.8, 4) is 0 Å². The molecule has 0 atom stereocenters. The molecule has 0 radical (unpaired) electrons. The maximum atomic E-state index is 13.4. The van der Waals surface area contributed by atoms with Crippen LogP contribution in [0.15, 0.2) is 65.8 Å². The molecule has 2 aromatic carbocycles. The number of carbonyl (C=O) groups is 1. The lowest BCUT2D eigenvalue weighted by atomic mass is 9.95. The summed E-state index contributed by atoms with van der Waals surface area (Å²) in [5.41, 5.74) is 5.96. The maximum Gasteiger partial charge on any atom is 0.258 e. The van der Waals surface area contributed by atoms with E-state index in [-0.39, 0.29) is 5.84 Å². The van der Waals surface area contributed by atoms with E-state index in [1.54, 1.807) is 6.20 Å². The van der Waals surface area contributed by atoms with Gasteiger partial charge in [-0.1, -0.05) is 18.2 Å². The van der Waals surface area contributed by atoms with Crippen LogP contribution in [-0.2, 0) is 10.2 Å². The first-order valence-corrected chi connectivity index (χ1v) is 7.83. The number of hydrogen-bond acceptors (Lipinski definition) is 2. The van der Waals surface area contributed by atoms with E-state index in [9.17, 15) is 13.6 Å². The van der Waals surface area contributed by atoms with Crippen molar-refractivity contribution in [3.05, 3.63) is 78.0 Å². The fourth-order valence-electron chi connectivity index (χ4n) is 2.60. The SMILES string of the molecule is NC(/C=C\Nc1ccccc1)=NC(=O)C1(c2cc(F)cc(F)c2)CC1. The predicted octanol–water partition coefficient (Wildman–Crippen LogP) is 3.51. The fourth-order valence-corrected chi connectivity index (χ4v) is 2.60. The number of amidine groups is 1. The molecule has 6 heteroatoms. The van der Waals surface area contributed by atoms with Gasteiger partial charge in [0.25, 0.3) is 5.91 Å². The van der Waals surface area contributed by atoms with Gasteiger partial charge in [0.05, 0.1) is 5.41 Å². The van der Waals surface area contributed by atoms with Crippen molar-refractivity contribution in [1.29, 1.82) is 0 Å². The molecule has 0 saturated heterocycles. The van der Waals surface area contributed by atoms with Crippen molar-refractivity contribution in [2.24, 2.45) is 10.7 Å². The predicted molar refractivity (Wildman–Crippen MR) is 93.1 cm³/mol. The molecule has 0 unspecified atom stereocenters. The Kier molecular flexibility index (Phi) is 4.61. The topological polar surface area (TPSA) is 67.5 Å². The summed E-state index contributed by atoms with van der Waals surface area (Å²) in [5.74, 6) is -1.88. The van der Waals surface area contributed by atoms with Gasteiger partial charge in [-0.15, -0.1) is 0 Å². The normalized spacial score (nSPS) is 16.0. The number of nitrogens with one attached hydrogen (secondary N) is 1. The van der Waals surface area contributed by atoms with Gasteiger partial charge in [0.2, 0.25) is 0 Å². The third kappa shape index (κ3) is 3.91. The van der Waals surface area contributed by atoms with E-state index < -0.39 is 23.0 Å². The molecular formula is C19H17F2N3O. The largest absolute Gasteiger partial charge is 0.384 e. The first-order chi connectivity index (χ1) is 12.0. The second-order valence-corrected chi connectivity index (χ2v) is 5.93. The molecule has 4 nitrogen and oxygen atoms in total. The number of nitrogens with zero attached hydrogens (tertiary/aromatic N) is 1. The number of aliphatic imine (C=N–C) groups is 1. The minimum Gasteiger partial charge on any atom is -0.384 e. The van der Waals surface area contributed by atoms with Crippen LogP contribution in [0.5, 0.6) is 0 Å². The van der Waals surface area contributed by atoms with Gasteiger partial charge < -0.3 is 11.1 Å². The second-order valence-electron chi connectivity index (χ2n) is 5.93. The summed E-state index contributed by atoms with van der Waals surface area (Å²) in [6, 6.07) is 12.5. The Morgan fingerprint density at radius 3 is 2.36 bits per heavy atom. The Balaban J connectivity index is 1.71. The number of rotatable bonds is 5. The van der Waals surface area contributed by atoms with E-state index in [0.717, 1.165) is 11.8 Å². The van der Waals surface area contributed by atoms with Crippen LogP contribution in [0.2, 0.25) is 0 Å². The molecular weight excluding hydrogens is 324 g/mol. The highest BCUT2D eigenvalue weighted by atomic mass is 19.1. The molecule has 1 fully saturated rings. The summed E-state index contributed by atoms with van der Waals surface area (Å²) < 4.78 is 26.8. The summed E-state index contributed by atoms with van der Waals surface area (Å²) in [4.78, 5) is 16.3. The molecule has 1 aliphatic carbocycles. The molecule has 25 heavy (non-hydrogen) atoms. The highest BCUT2D eigenvalue weighted by molar-refractivity contribution is 6.04. The first-order valence-electron chi connectivity index (χ1n) is 7.83. The number of benzene rings is 2. The van der Waals surface area contributed by atoms with Gasteiger partial charge in [-0.3, -0.25) is 4.79 Å². The number of nitrogens with two attached hydrogens (primary N) is 1. The maximum absolute atomic E-state index is 13.4. The lowest BCUT2D eigenvalue weighted by Gasteiger charge is -2.12. The Hall–Kier alpha value is -3.02. The van der Waals surface area contributed by atoms with Crippen LogP contribution < -0.4 is 11.1 Å². The van der Waals surface area contributed by atoms with Gasteiger partial charge in [-0.05, 0) is 48.7 Å². The molecule has 0 bridgehead atoms. The minimum absolute atomic E-state index is 0.0246. The monoisotopic (exact) mass is 341 g/mol. The van der Waals surface area contributed by atoms with Crippen LogP contribution in [0.1, 0.15) is 18.4 Å². The molecule has 1 aliphatic rings. The van der Waals surface area contributed by atoms with E-state index in [4.69, 9.17) is 5.73 Å². The van der Waals surface area contributed by atoms with Gasteiger partial charge in [-0.25, -0.2) is 8.78 Å². The van der Waals surface area contributed by atoms with E-state index in [1.807, 2.05) is 30.3 Å². The lowest BCUT2D eigenvalue weighted by Crippen LogP contribution is -2.22. The van der Waals surface area contributed by atoms with Crippen molar-refractivity contribution in [1.82, 2.24) is 0 Å². The van der Waals surface area contributed by atoms with Crippen LogP contribution in [0.25, 0.3) is 0 Å². The molecule has 0 heterocycles. The molecule has 128 valence electrons. The summed E-state index contributed by atoms with van der Waals surface area (Å²) >= 11 is 0. The van der Waals surface area contributed by atoms with Gasteiger partial charge in [0, 0.05) is 18.0 Å². The number of para-hydroxylation sites is 1. The number of amides is 1. The van der Waals surface area contributed by atoms with Crippen LogP contribution >= 0.6 is 0 Å².